The van der Waals surface area contributed by atoms with Crippen LogP contribution in [0, 0.1) is 0 Å². The van der Waals surface area contributed by atoms with Crippen molar-refractivity contribution in [2.75, 3.05) is 28.3 Å². The lowest BCUT2D eigenvalue weighted by Gasteiger charge is -2.11. The fraction of sp³-hybridized carbons (Fsp3) is 0.200. The highest BCUT2D eigenvalue weighted by molar-refractivity contribution is 5.83. The molecule has 0 unspecified atom stereocenters. The Morgan fingerprint density at radius 1 is 1.00 bits per heavy atom. The Balaban J connectivity index is 2.03. The maximum Gasteiger partial charge on any atom is 0.414 e. The molecule has 2 aromatic carbocycles. The molecule has 0 saturated heterocycles. The van der Waals surface area contributed by atoms with Gasteiger partial charge in [-0.15, -0.1) is 0 Å². The number of carbonyl (C=O) groups is 1. The molecule has 140 valence electrons. The zero-order valence-corrected chi connectivity index (χ0v) is 15.4. The highest BCUT2D eigenvalue weighted by Crippen LogP contribution is 2.32. The van der Waals surface area contributed by atoms with E-state index in [1.165, 1.54) is 24.3 Å². The molecule has 3 aromatic rings. The number of fused-ring (bicyclic) bond motifs is 1. The first kappa shape index (κ1) is 18.3. The molecule has 7 nitrogen and oxygen atoms in total. The number of rotatable bonds is 4. The Morgan fingerprint density at radius 3 is 2.41 bits per heavy atom. The van der Waals surface area contributed by atoms with E-state index in [9.17, 15) is 9.59 Å². The number of amides is 1. The van der Waals surface area contributed by atoms with Gasteiger partial charge in [-0.1, -0.05) is 6.07 Å². The van der Waals surface area contributed by atoms with E-state index in [1.807, 2.05) is 0 Å². The lowest BCUT2D eigenvalue weighted by atomic mass is 10.0. The van der Waals surface area contributed by atoms with E-state index < -0.39 is 6.09 Å². The predicted octanol–water partition coefficient (Wildman–Crippen LogP) is 3.54. The van der Waals surface area contributed by atoms with Crippen LogP contribution in [0.3, 0.4) is 0 Å². The minimum Gasteiger partial charge on any atom is -0.493 e. The maximum atomic E-state index is 12.9. The second-order valence-corrected chi connectivity index (χ2v) is 5.97. The summed E-state index contributed by atoms with van der Waals surface area (Å²) in [5.74, 6) is 1.38. The number of benzene rings is 2. The van der Waals surface area contributed by atoms with Gasteiger partial charge in [0.15, 0.2) is 16.9 Å². The van der Waals surface area contributed by atoms with Crippen LogP contribution in [-0.4, -0.2) is 39.3 Å². The average molecular weight is 369 g/mol. The van der Waals surface area contributed by atoms with Crippen LogP contribution in [0.25, 0.3) is 22.1 Å². The van der Waals surface area contributed by atoms with Crippen LogP contribution in [0.15, 0.2) is 51.9 Å². The zero-order chi connectivity index (χ0) is 19.6. The van der Waals surface area contributed by atoms with E-state index >= 15 is 0 Å². The van der Waals surface area contributed by atoms with E-state index in [2.05, 4.69) is 0 Å². The molecule has 1 aromatic heterocycles. The standard InChI is InChI=1S/C20H19NO6/c1-21(2)20(23)27-13-6-7-14-17(10-13)26-11-15(19(14)22)12-5-8-16(24-3)18(9-12)25-4/h5-11H,1-4H3. The van der Waals surface area contributed by atoms with Gasteiger partial charge in [0.25, 0.3) is 0 Å². The first-order valence-electron chi connectivity index (χ1n) is 8.11. The molecule has 0 radical (unpaired) electrons. The second-order valence-electron chi connectivity index (χ2n) is 5.97. The molecule has 1 heterocycles. The van der Waals surface area contributed by atoms with E-state index in [4.69, 9.17) is 18.6 Å². The van der Waals surface area contributed by atoms with Crippen molar-refractivity contribution in [3.05, 3.63) is 52.9 Å². The Morgan fingerprint density at radius 2 is 1.74 bits per heavy atom. The summed E-state index contributed by atoms with van der Waals surface area (Å²) >= 11 is 0. The molecule has 0 saturated carbocycles. The lowest BCUT2D eigenvalue weighted by Crippen LogP contribution is -2.25. The highest BCUT2D eigenvalue weighted by atomic mass is 16.6. The molecule has 7 heteroatoms. The molecule has 0 aliphatic carbocycles. The molecule has 3 rings (SSSR count). The average Bonchev–Trinajstić information content (AvgIpc) is 2.67. The molecule has 0 fully saturated rings. The number of nitrogens with zero attached hydrogens (tertiary/aromatic N) is 1. The normalized spacial score (nSPS) is 10.5. The van der Waals surface area contributed by atoms with Gasteiger partial charge in [0.05, 0.1) is 25.2 Å². The fourth-order valence-corrected chi connectivity index (χ4v) is 2.57. The van der Waals surface area contributed by atoms with Crippen molar-refractivity contribution in [1.82, 2.24) is 4.90 Å². The SMILES string of the molecule is COc1ccc(-c2coc3cc(OC(=O)N(C)C)ccc3c2=O)cc1OC. The molecule has 1 amide bonds. The molecule has 0 N–H and O–H groups in total. The Labute approximate surface area is 155 Å². The van der Waals surface area contributed by atoms with E-state index in [1.54, 1.807) is 51.5 Å². The minimum absolute atomic E-state index is 0.200. The van der Waals surface area contributed by atoms with Gasteiger partial charge in [0.2, 0.25) is 0 Å². The van der Waals surface area contributed by atoms with Crippen molar-refractivity contribution in [3.63, 3.8) is 0 Å². The summed E-state index contributed by atoms with van der Waals surface area (Å²) in [6.45, 7) is 0. The van der Waals surface area contributed by atoms with Crippen molar-refractivity contribution in [3.8, 4) is 28.4 Å². The van der Waals surface area contributed by atoms with Crippen molar-refractivity contribution in [2.24, 2.45) is 0 Å². The van der Waals surface area contributed by atoms with Gasteiger partial charge in [-0.2, -0.15) is 0 Å². The molecule has 0 bridgehead atoms. The third-order valence-corrected chi connectivity index (χ3v) is 4.01. The van der Waals surface area contributed by atoms with E-state index in [-0.39, 0.29) is 5.43 Å². The third kappa shape index (κ3) is 3.57. The summed E-state index contributed by atoms with van der Waals surface area (Å²) in [4.78, 5) is 25.8. The lowest BCUT2D eigenvalue weighted by molar-refractivity contribution is 0.172. The predicted molar refractivity (Wildman–Crippen MR) is 101 cm³/mol. The summed E-state index contributed by atoms with van der Waals surface area (Å²) in [6, 6.07) is 9.83. The molecule has 0 aliphatic rings. The summed E-state index contributed by atoms with van der Waals surface area (Å²) in [5.41, 5.74) is 1.16. The summed E-state index contributed by atoms with van der Waals surface area (Å²) < 4.78 is 21.3. The van der Waals surface area contributed by atoms with Crippen LogP contribution in [0.4, 0.5) is 4.79 Å². The van der Waals surface area contributed by atoms with Gasteiger partial charge in [-0.25, -0.2) is 4.79 Å². The molecular formula is C20H19NO6. The highest BCUT2D eigenvalue weighted by Gasteiger charge is 2.14. The van der Waals surface area contributed by atoms with Gasteiger partial charge in [0.1, 0.15) is 17.6 Å². The first-order chi connectivity index (χ1) is 12.9. The van der Waals surface area contributed by atoms with Crippen molar-refractivity contribution >= 4 is 17.1 Å². The van der Waals surface area contributed by atoms with Gasteiger partial charge in [0, 0.05) is 20.2 Å². The second kappa shape index (κ2) is 7.41. The van der Waals surface area contributed by atoms with Crippen LogP contribution >= 0.6 is 0 Å². The van der Waals surface area contributed by atoms with Gasteiger partial charge >= 0.3 is 6.09 Å². The Hall–Kier alpha value is -3.48. The molecular weight excluding hydrogens is 350 g/mol. The summed E-state index contributed by atoms with van der Waals surface area (Å²) in [7, 11) is 6.24. The fourth-order valence-electron chi connectivity index (χ4n) is 2.57. The Kier molecular flexibility index (Phi) is 5.03. The van der Waals surface area contributed by atoms with Crippen molar-refractivity contribution < 1.29 is 23.4 Å². The van der Waals surface area contributed by atoms with Crippen LogP contribution in [0.1, 0.15) is 0 Å². The quantitative estimate of drug-likeness (QED) is 0.700. The van der Waals surface area contributed by atoms with Crippen LogP contribution in [0.5, 0.6) is 17.2 Å². The van der Waals surface area contributed by atoms with E-state index in [0.717, 1.165) is 0 Å². The first-order valence-corrected chi connectivity index (χ1v) is 8.11. The number of hydrogen-bond acceptors (Lipinski definition) is 6. The van der Waals surface area contributed by atoms with Crippen LogP contribution in [0.2, 0.25) is 0 Å². The number of methoxy groups -OCH3 is 2. The molecule has 0 spiro atoms. The largest absolute Gasteiger partial charge is 0.493 e. The summed E-state index contributed by atoms with van der Waals surface area (Å²) in [5, 5.41) is 0.381. The van der Waals surface area contributed by atoms with Gasteiger partial charge in [-0.3, -0.25) is 4.79 Å². The van der Waals surface area contributed by atoms with Crippen LogP contribution < -0.4 is 19.6 Å². The number of hydrogen-bond donors (Lipinski definition) is 0. The topological polar surface area (TPSA) is 78.2 Å². The van der Waals surface area contributed by atoms with Gasteiger partial charge < -0.3 is 23.5 Å². The minimum atomic E-state index is -0.515. The monoisotopic (exact) mass is 369 g/mol. The Bertz CT molecular complexity index is 1050. The number of carbonyl (C=O) groups excluding carboxylic acids is 1. The van der Waals surface area contributed by atoms with E-state index in [0.29, 0.717) is 39.3 Å². The molecule has 0 aliphatic heterocycles. The van der Waals surface area contributed by atoms with Crippen molar-refractivity contribution in [2.45, 2.75) is 0 Å². The smallest absolute Gasteiger partial charge is 0.414 e. The zero-order valence-electron chi connectivity index (χ0n) is 15.4. The molecule has 27 heavy (non-hydrogen) atoms. The number of ether oxygens (including phenoxy) is 3. The van der Waals surface area contributed by atoms with Gasteiger partial charge in [-0.05, 0) is 29.8 Å². The van der Waals surface area contributed by atoms with Crippen molar-refractivity contribution in [1.29, 1.82) is 0 Å². The molecule has 0 atom stereocenters. The van der Waals surface area contributed by atoms with Crippen LogP contribution in [-0.2, 0) is 0 Å². The third-order valence-electron chi connectivity index (χ3n) is 4.01. The maximum absolute atomic E-state index is 12.9. The summed E-state index contributed by atoms with van der Waals surface area (Å²) in [6.07, 6.45) is 0.863.